The highest BCUT2D eigenvalue weighted by Gasteiger charge is 2.39. The summed E-state index contributed by atoms with van der Waals surface area (Å²) in [6, 6.07) is 7.54. The van der Waals surface area contributed by atoms with Gasteiger partial charge in [-0.1, -0.05) is 19.3 Å². The van der Waals surface area contributed by atoms with Crippen LogP contribution in [-0.2, 0) is 9.53 Å². The van der Waals surface area contributed by atoms with E-state index in [-0.39, 0.29) is 5.91 Å². The van der Waals surface area contributed by atoms with Crippen molar-refractivity contribution in [1.29, 1.82) is 0 Å². The Morgan fingerprint density at radius 2 is 2.04 bits per heavy atom. The number of methoxy groups -OCH3 is 1. The lowest BCUT2D eigenvalue weighted by Gasteiger charge is -2.34. The lowest BCUT2D eigenvalue weighted by molar-refractivity contribution is -0.141. The van der Waals surface area contributed by atoms with Crippen LogP contribution in [0, 0.1) is 0 Å². The number of ether oxygens (including phenoxy) is 2. The standard InChI is InChI=1S/C19H24N2O3/c1-3-24-16-10-9-15(14-8-7-13-20-17(14)16)21-18(22)19(23-2)11-5-4-6-12-19/h7-10,13H,3-6,11-12H2,1-2H3,(H,21,22). The monoisotopic (exact) mass is 328 g/mol. The molecule has 1 heterocycles. The zero-order valence-corrected chi connectivity index (χ0v) is 14.3. The first-order valence-corrected chi connectivity index (χ1v) is 8.57. The molecule has 1 aliphatic carbocycles. The molecule has 0 bridgehead atoms. The molecule has 0 saturated heterocycles. The molecule has 2 aromatic rings. The molecule has 24 heavy (non-hydrogen) atoms. The fraction of sp³-hybridized carbons (Fsp3) is 0.474. The van der Waals surface area contributed by atoms with E-state index in [9.17, 15) is 4.79 Å². The molecule has 0 radical (unpaired) electrons. The normalized spacial score (nSPS) is 16.8. The van der Waals surface area contributed by atoms with Crippen molar-refractivity contribution in [3.63, 3.8) is 0 Å². The molecule has 0 spiro atoms. The predicted octanol–water partition coefficient (Wildman–Crippen LogP) is 3.92. The van der Waals surface area contributed by atoms with Crippen LogP contribution in [0.2, 0.25) is 0 Å². The molecule has 1 N–H and O–H groups in total. The lowest BCUT2D eigenvalue weighted by atomic mass is 9.84. The average Bonchev–Trinajstić information content (AvgIpc) is 2.64. The van der Waals surface area contributed by atoms with Crippen LogP contribution in [0.4, 0.5) is 5.69 Å². The predicted molar refractivity (Wildman–Crippen MR) is 94.4 cm³/mol. The van der Waals surface area contributed by atoms with Gasteiger partial charge in [-0.05, 0) is 44.0 Å². The second-order valence-corrected chi connectivity index (χ2v) is 6.16. The van der Waals surface area contributed by atoms with E-state index < -0.39 is 5.60 Å². The van der Waals surface area contributed by atoms with Crippen molar-refractivity contribution in [2.24, 2.45) is 0 Å². The number of aromatic nitrogens is 1. The third kappa shape index (κ3) is 3.08. The summed E-state index contributed by atoms with van der Waals surface area (Å²) in [6.07, 6.45) is 6.47. The van der Waals surface area contributed by atoms with Gasteiger partial charge in [0.15, 0.2) is 0 Å². The maximum Gasteiger partial charge on any atom is 0.256 e. The molecule has 1 aromatic carbocycles. The molecule has 1 aliphatic rings. The molecule has 5 heteroatoms. The van der Waals surface area contributed by atoms with E-state index in [0.29, 0.717) is 6.61 Å². The van der Waals surface area contributed by atoms with Gasteiger partial charge in [0.05, 0.1) is 12.3 Å². The average molecular weight is 328 g/mol. The highest BCUT2D eigenvalue weighted by atomic mass is 16.5. The first-order chi connectivity index (χ1) is 11.7. The minimum Gasteiger partial charge on any atom is -0.492 e. The number of anilines is 1. The summed E-state index contributed by atoms with van der Waals surface area (Å²) >= 11 is 0. The van der Waals surface area contributed by atoms with Crippen LogP contribution < -0.4 is 10.1 Å². The van der Waals surface area contributed by atoms with E-state index in [1.165, 1.54) is 0 Å². The largest absolute Gasteiger partial charge is 0.492 e. The Hall–Kier alpha value is -2.14. The van der Waals surface area contributed by atoms with Gasteiger partial charge in [0.2, 0.25) is 0 Å². The first-order valence-electron chi connectivity index (χ1n) is 8.57. The molecule has 1 saturated carbocycles. The van der Waals surface area contributed by atoms with Crippen LogP contribution in [0.3, 0.4) is 0 Å². The van der Waals surface area contributed by atoms with E-state index in [2.05, 4.69) is 10.3 Å². The van der Waals surface area contributed by atoms with Crippen LogP contribution in [0.25, 0.3) is 10.9 Å². The van der Waals surface area contributed by atoms with Gasteiger partial charge in [-0.25, -0.2) is 0 Å². The Balaban J connectivity index is 1.92. The van der Waals surface area contributed by atoms with Crippen LogP contribution in [0.5, 0.6) is 5.75 Å². The highest BCUT2D eigenvalue weighted by Crippen LogP contribution is 2.34. The molecule has 0 atom stereocenters. The summed E-state index contributed by atoms with van der Waals surface area (Å²) in [5.41, 5.74) is 0.784. The smallest absolute Gasteiger partial charge is 0.256 e. The number of rotatable bonds is 5. The van der Waals surface area contributed by atoms with Crippen LogP contribution in [0.15, 0.2) is 30.5 Å². The van der Waals surface area contributed by atoms with E-state index in [0.717, 1.165) is 54.4 Å². The number of benzene rings is 1. The number of fused-ring (bicyclic) bond motifs is 1. The van der Waals surface area contributed by atoms with Gasteiger partial charge in [-0.2, -0.15) is 0 Å². The molecule has 128 valence electrons. The fourth-order valence-electron chi connectivity index (χ4n) is 3.41. The number of carbonyl (C=O) groups is 1. The Labute approximate surface area is 142 Å². The van der Waals surface area contributed by atoms with Gasteiger partial charge in [0.25, 0.3) is 5.91 Å². The van der Waals surface area contributed by atoms with Gasteiger partial charge >= 0.3 is 0 Å². The fourth-order valence-corrected chi connectivity index (χ4v) is 3.41. The molecule has 0 aliphatic heterocycles. The van der Waals surface area contributed by atoms with Crippen LogP contribution in [0.1, 0.15) is 39.0 Å². The molecule has 1 aromatic heterocycles. The van der Waals surface area contributed by atoms with Crippen LogP contribution in [-0.4, -0.2) is 30.2 Å². The number of hydrogen-bond acceptors (Lipinski definition) is 4. The van der Waals surface area contributed by atoms with E-state index in [1.807, 2.05) is 31.2 Å². The number of pyridine rings is 1. The molecular formula is C19H24N2O3. The Kier molecular flexibility index (Phi) is 5.00. The van der Waals surface area contributed by atoms with Crippen molar-refractivity contribution in [3.05, 3.63) is 30.5 Å². The molecular weight excluding hydrogens is 304 g/mol. The Bertz CT molecular complexity index is 724. The minimum atomic E-state index is -0.717. The molecule has 0 unspecified atom stereocenters. The number of carbonyl (C=O) groups excluding carboxylic acids is 1. The van der Waals surface area contributed by atoms with Crippen molar-refractivity contribution < 1.29 is 14.3 Å². The zero-order chi connectivity index (χ0) is 17.0. The summed E-state index contributed by atoms with van der Waals surface area (Å²) in [7, 11) is 1.63. The molecule has 1 amide bonds. The summed E-state index contributed by atoms with van der Waals surface area (Å²) in [5.74, 6) is 0.657. The zero-order valence-electron chi connectivity index (χ0n) is 14.3. The topological polar surface area (TPSA) is 60.5 Å². The molecule has 1 fully saturated rings. The van der Waals surface area contributed by atoms with Gasteiger partial charge in [0.1, 0.15) is 16.9 Å². The van der Waals surface area contributed by atoms with Crippen molar-refractivity contribution in [2.75, 3.05) is 19.0 Å². The summed E-state index contributed by atoms with van der Waals surface area (Å²) < 4.78 is 11.3. The van der Waals surface area contributed by atoms with Crippen LogP contribution >= 0.6 is 0 Å². The third-order valence-electron chi connectivity index (χ3n) is 4.75. The quantitative estimate of drug-likeness (QED) is 0.903. The van der Waals surface area contributed by atoms with Gasteiger partial charge in [0, 0.05) is 18.7 Å². The summed E-state index contributed by atoms with van der Waals surface area (Å²) in [6.45, 7) is 2.51. The summed E-state index contributed by atoms with van der Waals surface area (Å²) in [4.78, 5) is 17.3. The molecule has 5 nitrogen and oxygen atoms in total. The van der Waals surface area contributed by atoms with E-state index in [1.54, 1.807) is 13.3 Å². The SMILES string of the molecule is CCOc1ccc(NC(=O)C2(OC)CCCCC2)c2cccnc12. The maximum atomic E-state index is 12.9. The van der Waals surface area contributed by atoms with Crippen molar-refractivity contribution in [3.8, 4) is 5.75 Å². The number of nitrogens with zero attached hydrogens (tertiary/aromatic N) is 1. The van der Waals surface area contributed by atoms with Gasteiger partial charge in [-0.15, -0.1) is 0 Å². The second-order valence-electron chi connectivity index (χ2n) is 6.16. The Morgan fingerprint density at radius 1 is 1.25 bits per heavy atom. The minimum absolute atomic E-state index is 0.0704. The van der Waals surface area contributed by atoms with E-state index in [4.69, 9.17) is 9.47 Å². The first kappa shape index (κ1) is 16.7. The molecule has 3 rings (SSSR count). The van der Waals surface area contributed by atoms with Crippen molar-refractivity contribution >= 4 is 22.5 Å². The summed E-state index contributed by atoms with van der Waals surface area (Å²) in [5, 5.41) is 3.93. The van der Waals surface area contributed by atoms with Gasteiger partial charge < -0.3 is 14.8 Å². The third-order valence-corrected chi connectivity index (χ3v) is 4.75. The van der Waals surface area contributed by atoms with Gasteiger partial charge in [-0.3, -0.25) is 9.78 Å². The number of nitrogens with one attached hydrogen (secondary N) is 1. The van der Waals surface area contributed by atoms with Crippen molar-refractivity contribution in [2.45, 2.75) is 44.6 Å². The lowest BCUT2D eigenvalue weighted by Crippen LogP contribution is -2.46. The second kappa shape index (κ2) is 7.18. The Morgan fingerprint density at radius 3 is 2.75 bits per heavy atom. The maximum absolute atomic E-state index is 12.9. The number of amides is 1. The van der Waals surface area contributed by atoms with E-state index >= 15 is 0 Å². The van der Waals surface area contributed by atoms with Crippen molar-refractivity contribution in [1.82, 2.24) is 4.98 Å². The highest BCUT2D eigenvalue weighted by molar-refractivity contribution is 6.05. The number of hydrogen-bond donors (Lipinski definition) is 1.